The number of anilines is 1. The topological polar surface area (TPSA) is 29.3 Å². The van der Waals surface area contributed by atoms with Gasteiger partial charge in [0.2, 0.25) is 0 Å². The molecule has 2 heteroatoms. The summed E-state index contributed by atoms with van der Waals surface area (Å²) in [5, 5.41) is 0. The maximum atomic E-state index is 5.56. The summed E-state index contributed by atoms with van der Waals surface area (Å²) in [7, 11) is 0. The molecule has 0 amide bonds. The fourth-order valence-electron chi connectivity index (χ4n) is 2.12. The standard InChI is InChI=1S/C14H24N2/c1-4-16(13(3)8-6-10-15)14-9-5-7-12(2)11-14/h5,7,9,11,13H,4,6,8,10,15H2,1-3H3. The number of hydrogen-bond donors (Lipinski definition) is 1. The molecule has 2 N–H and O–H groups in total. The van der Waals surface area contributed by atoms with Gasteiger partial charge in [-0.25, -0.2) is 0 Å². The minimum Gasteiger partial charge on any atom is -0.369 e. The lowest BCUT2D eigenvalue weighted by atomic mass is 10.1. The Bertz CT molecular complexity index is 309. The number of benzene rings is 1. The molecule has 0 aliphatic carbocycles. The van der Waals surface area contributed by atoms with Crippen molar-refractivity contribution in [3.8, 4) is 0 Å². The van der Waals surface area contributed by atoms with E-state index in [1.807, 2.05) is 0 Å². The van der Waals surface area contributed by atoms with E-state index < -0.39 is 0 Å². The van der Waals surface area contributed by atoms with Gasteiger partial charge in [0.15, 0.2) is 0 Å². The van der Waals surface area contributed by atoms with Crippen LogP contribution in [0.3, 0.4) is 0 Å². The van der Waals surface area contributed by atoms with Gasteiger partial charge in [-0.2, -0.15) is 0 Å². The van der Waals surface area contributed by atoms with Gasteiger partial charge in [0, 0.05) is 18.3 Å². The van der Waals surface area contributed by atoms with Gasteiger partial charge in [0.1, 0.15) is 0 Å². The van der Waals surface area contributed by atoms with Crippen LogP contribution in [-0.4, -0.2) is 19.1 Å². The molecule has 0 fully saturated rings. The third-order valence-electron chi connectivity index (χ3n) is 3.03. The first kappa shape index (κ1) is 13.0. The van der Waals surface area contributed by atoms with Crippen LogP contribution < -0.4 is 10.6 Å². The Hall–Kier alpha value is -1.02. The summed E-state index contributed by atoms with van der Waals surface area (Å²) in [6.07, 6.45) is 2.27. The second-order valence-corrected chi connectivity index (χ2v) is 4.40. The van der Waals surface area contributed by atoms with E-state index in [1.165, 1.54) is 11.3 Å². The molecule has 0 aliphatic heterocycles. The summed E-state index contributed by atoms with van der Waals surface area (Å²) in [5.41, 5.74) is 8.21. The molecule has 0 aromatic heterocycles. The van der Waals surface area contributed by atoms with E-state index >= 15 is 0 Å². The molecular formula is C14H24N2. The van der Waals surface area contributed by atoms with Crippen molar-refractivity contribution in [2.45, 2.75) is 39.7 Å². The second-order valence-electron chi connectivity index (χ2n) is 4.40. The Balaban J connectivity index is 2.73. The third kappa shape index (κ3) is 3.53. The highest BCUT2D eigenvalue weighted by molar-refractivity contribution is 5.49. The quantitative estimate of drug-likeness (QED) is 0.798. The number of aryl methyl sites for hydroxylation is 1. The van der Waals surface area contributed by atoms with Crippen molar-refractivity contribution in [2.24, 2.45) is 5.73 Å². The average molecular weight is 220 g/mol. The number of rotatable bonds is 6. The smallest absolute Gasteiger partial charge is 0.0371 e. The molecule has 1 rings (SSSR count). The Labute approximate surface area is 99.5 Å². The molecule has 1 aromatic rings. The van der Waals surface area contributed by atoms with E-state index in [0.29, 0.717) is 6.04 Å². The zero-order chi connectivity index (χ0) is 12.0. The molecule has 16 heavy (non-hydrogen) atoms. The molecular weight excluding hydrogens is 196 g/mol. The Kier molecular flexibility index (Phi) is 5.33. The molecule has 0 heterocycles. The molecule has 1 atom stereocenters. The third-order valence-corrected chi connectivity index (χ3v) is 3.03. The predicted octanol–water partition coefficient (Wildman–Crippen LogP) is 2.95. The highest BCUT2D eigenvalue weighted by atomic mass is 15.1. The first-order valence-corrected chi connectivity index (χ1v) is 6.22. The van der Waals surface area contributed by atoms with Gasteiger partial charge in [-0.15, -0.1) is 0 Å². The Morgan fingerprint density at radius 2 is 2.12 bits per heavy atom. The molecule has 0 bridgehead atoms. The van der Waals surface area contributed by atoms with E-state index in [4.69, 9.17) is 5.73 Å². The molecule has 0 spiro atoms. The van der Waals surface area contributed by atoms with Gasteiger partial charge >= 0.3 is 0 Å². The van der Waals surface area contributed by atoms with Gasteiger partial charge in [0.25, 0.3) is 0 Å². The molecule has 0 saturated carbocycles. The summed E-state index contributed by atoms with van der Waals surface area (Å²) in [5.74, 6) is 0. The molecule has 0 saturated heterocycles. The van der Waals surface area contributed by atoms with Crippen molar-refractivity contribution in [1.29, 1.82) is 0 Å². The van der Waals surface area contributed by atoms with Crippen LogP contribution in [0.1, 0.15) is 32.3 Å². The summed E-state index contributed by atoms with van der Waals surface area (Å²) < 4.78 is 0. The van der Waals surface area contributed by atoms with Crippen molar-refractivity contribution in [2.75, 3.05) is 18.0 Å². The van der Waals surface area contributed by atoms with Crippen molar-refractivity contribution in [3.05, 3.63) is 29.8 Å². The number of hydrogen-bond acceptors (Lipinski definition) is 2. The van der Waals surface area contributed by atoms with Crippen LogP contribution in [0.5, 0.6) is 0 Å². The predicted molar refractivity (Wildman–Crippen MR) is 71.9 cm³/mol. The maximum Gasteiger partial charge on any atom is 0.0371 e. The van der Waals surface area contributed by atoms with E-state index in [-0.39, 0.29) is 0 Å². The molecule has 2 nitrogen and oxygen atoms in total. The van der Waals surface area contributed by atoms with Gasteiger partial charge < -0.3 is 10.6 Å². The zero-order valence-corrected chi connectivity index (χ0v) is 10.7. The van der Waals surface area contributed by atoms with Crippen LogP contribution in [0.15, 0.2) is 24.3 Å². The first-order chi connectivity index (χ1) is 7.69. The lowest BCUT2D eigenvalue weighted by Gasteiger charge is -2.30. The van der Waals surface area contributed by atoms with Gasteiger partial charge in [-0.05, 0) is 57.9 Å². The van der Waals surface area contributed by atoms with E-state index in [9.17, 15) is 0 Å². The number of nitrogens with zero attached hydrogens (tertiary/aromatic N) is 1. The molecule has 1 unspecified atom stereocenters. The summed E-state index contributed by atoms with van der Waals surface area (Å²) in [6.45, 7) is 8.47. The van der Waals surface area contributed by atoms with E-state index in [0.717, 1.165) is 25.9 Å². The molecule has 0 aliphatic rings. The molecule has 0 radical (unpaired) electrons. The maximum absolute atomic E-state index is 5.56. The second kappa shape index (κ2) is 6.54. The summed E-state index contributed by atoms with van der Waals surface area (Å²) in [4.78, 5) is 2.45. The fourth-order valence-corrected chi connectivity index (χ4v) is 2.12. The first-order valence-electron chi connectivity index (χ1n) is 6.22. The fraction of sp³-hybridized carbons (Fsp3) is 0.571. The van der Waals surface area contributed by atoms with Crippen LogP contribution in [0.4, 0.5) is 5.69 Å². The van der Waals surface area contributed by atoms with Crippen molar-refractivity contribution in [3.63, 3.8) is 0 Å². The highest BCUT2D eigenvalue weighted by Gasteiger charge is 2.11. The Morgan fingerprint density at radius 1 is 1.38 bits per heavy atom. The van der Waals surface area contributed by atoms with Crippen molar-refractivity contribution in [1.82, 2.24) is 0 Å². The van der Waals surface area contributed by atoms with Gasteiger partial charge in [0.05, 0.1) is 0 Å². The SMILES string of the molecule is CCN(c1cccc(C)c1)C(C)CCCN. The number of nitrogens with two attached hydrogens (primary N) is 1. The van der Waals surface area contributed by atoms with Crippen molar-refractivity contribution >= 4 is 5.69 Å². The van der Waals surface area contributed by atoms with E-state index in [2.05, 4.69) is 49.9 Å². The van der Waals surface area contributed by atoms with Crippen LogP contribution >= 0.6 is 0 Å². The lowest BCUT2D eigenvalue weighted by molar-refractivity contribution is 0.578. The minimum atomic E-state index is 0.565. The Morgan fingerprint density at radius 3 is 2.69 bits per heavy atom. The van der Waals surface area contributed by atoms with Crippen LogP contribution in [0, 0.1) is 6.92 Å². The van der Waals surface area contributed by atoms with Crippen LogP contribution in [-0.2, 0) is 0 Å². The average Bonchev–Trinajstić information content (AvgIpc) is 2.27. The normalized spacial score (nSPS) is 12.5. The van der Waals surface area contributed by atoms with Crippen LogP contribution in [0.2, 0.25) is 0 Å². The molecule has 90 valence electrons. The van der Waals surface area contributed by atoms with Gasteiger partial charge in [-0.3, -0.25) is 0 Å². The molecule has 1 aromatic carbocycles. The highest BCUT2D eigenvalue weighted by Crippen LogP contribution is 2.20. The van der Waals surface area contributed by atoms with Gasteiger partial charge in [-0.1, -0.05) is 12.1 Å². The van der Waals surface area contributed by atoms with Crippen LogP contribution in [0.25, 0.3) is 0 Å². The minimum absolute atomic E-state index is 0.565. The zero-order valence-electron chi connectivity index (χ0n) is 10.7. The summed E-state index contributed by atoms with van der Waals surface area (Å²) >= 11 is 0. The monoisotopic (exact) mass is 220 g/mol. The lowest BCUT2D eigenvalue weighted by Crippen LogP contribution is -2.33. The summed E-state index contributed by atoms with van der Waals surface area (Å²) in [6, 6.07) is 9.28. The largest absolute Gasteiger partial charge is 0.369 e. The van der Waals surface area contributed by atoms with Crippen molar-refractivity contribution < 1.29 is 0 Å². The van der Waals surface area contributed by atoms with E-state index in [1.54, 1.807) is 0 Å².